The lowest BCUT2D eigenvalue weighted by atomic mass is 10.3. The van der Waals surface area contributed by atoms with Gasteiger partial charge in [-0.15, -0.1) is 0 Å². The lowest BCUT2D eigenvalue weighted by Gasteiger charge is -2.20. The Labute approximate surface area is 250 Å². The Morgan fingerprint density at radius 1 is 0.905 bits per heavy atom. The number of nitrogens with one attached hydrogen (secondary N) is 3. The standard InChI is InChI=1S/C27H23Cl2N5O7S/c28-23-11-8-18(13-24(23)29)32-27(37)26(36)30-14-19-9-10-20(41-19)15-31-33-25(35)17-34(16-21-5-4-12-40-21)42(38,39)22-6-2-1-3-7-22/h1-13,15H,14,16-17H2,(H,30,36)(H,32,37)(H,33,35)/b31-15-. The predicted molar refractivity (Wildman–Crippen MR) is 154 cm³/mol. The van der Waals surface area contributed by atoms with Crippen molar-refractivity contribution in [1.29, 1.82) is 0 Å². The van der Waals surface area contributed by atoms with Crippen molar-refractivity contribution in [2.45, 2.75) is 18.0 Å². The Morgan fingerprint density at radius 3 is 2.40 bits per heavy atom. The SMILES string of the molecule is O=C(CN(Cc1ccco1)S(=O)(=O)c1ccccc1)N/N=C\c1ccc(CNC(=O)C(=O)Nc2ccc(Cl)c(Cl)c2)o1. The maximum absolute atomic E-state index is 13.1. The van der Waals surface area contributed by atoms with Crippen molar-refractivity contribution in [3.8, 4) is 0 Å². The van der Waals surface area contributed by atoms with E-state index in [1.54, 1.807) is 30.3 Å². The maximum atomic E-state index is 13.1. The number of carbonyl (C=O) groups is 3. The topological polar surface area (TPSA) is 163 Å². The third-order valence-electron chi connectivity index (χ3n) is 5.48. The molecule has 0 fully saturated rings. The van der Waals surface area contributed by atoms with Gasteiger partial charge in [0.25, 0.3) is 5.91 Å². The molecule has 0 aliphatic rings. The van der Waals surface area contributed by atoms with E-state index >= 15 is 0 Å². The molecule has 2 aromatic carbocycles. The van der Waals surface area contributed by atoms with E-state index in [9.17, 15) is 22.8 Å². The third kappa shape index (κ3) is 8.30. The van der Waals surface area contributed by atoms with E-state index < -0.39 is 34.3 Å². The molecule has 2 aromatic heterocycles. The highest BCUT2D eigenvalue weighted by molar-refractivity contribution is 7.89. The molecule has 0 spiro atoms. The summed E-state index contributed by atoms with van der Waals surface area (Å²) in [5.74, 6) is -1.65. The number of hydrogen-bond donors (Lipinski definition) is 3. The number of amides is 3. The van der Waals surface area contributed by atoms with E-state index in [2.05, 4.69) is 21.2 Å². The molecule has 0 saturated carbocycles. The molecule has 0 radical (unpaired) electrons. The lowest BCUT2D eigenvalue weighted by Crippen LogP contribution is -2.38. The number of sulfonamides is 1. The molecule has 3 amide bonds. The van der Waals surface area contributed by atoms with Crippen LogP contribution in [0.1, 0.15) is 17.3 Å². The summed E-state index contributed by atoms with van der Waals surface area (Å²) in [6.07, 6.45) is 2.60. The van der Waals surface area contributed by atoms with Crippen LogP contribution >= 0.6 is 23.2 Å². The van der Waals surface area contributed by atoms with Gasteiger partial charge < -0.3 is 19.5 Å². The minimum absolute atomic E-state index is 0.0231. The quantitative estimate of drug-likeness (QED) is 0.129. The summed E-state index contributed by atoms with van der Waals surface area (Å²) >= 11 is 11.7. The van der Waals surface area contributed by atoms with E-state index in [1.807, 2.05) is 0 Å². The minimum Gasteiger partial charge on any atom is -0.468 e. The third-order valence-corrected chi connectivity index (χ3v) is 8.03. The fourth-order valence-corrected chi connectivity index (χ4v) is 5.16. The van der Waals surface area contributed by atoms with Crippen molar-refractivity contribution in [2.75, 3.05) is 11.9 Å². The average molecular weight is 632 g/mol. The first-order chi connectivity index (χ1) is 20.1. The Hall–Kier alpha value is -4.43. The van der Waals surface area contributed by atoms with Crippen molar-refractivity contribution in [3.05, 3.63) is 106 Å². The number of nitrogens with zero attached hydrogens (tertiary/aromatic N) is 2. The fourth-order valence-electron chi connectivity index (χ4n) is 3.48. The summed E-state index contributed by atoms with van der Waals surface area (Å²) in [5.41, 5.74) is 2.56. The van der Waals surface area contributed by atoms with Gasteiger partial charge in [0, 0.05) is 5.69 Å². The van der Waals surface area contributed by atoms with Crippen LogP contribution in [-0.4, -0.2) is 43.2 Å². The Bertz CT molecular complexity index is 1690. The van der Waals surface area contributed by atoms with E-state index in [-0.39, 0.29) is 28.8 Å². The van der Waals surface area contributed by atoms with Gasteiger partial charge in [0.2, 0.25) is 10.0 Å². The highest BCUT2D eigenvalue weighted by Crippen LogP contribution is 2.25. The number of benzene rings is 2. The molecule has 218 valence electrons. The zero-order valence-corrected chi connectivity index (χ0v) is 23.9. The van der Waals surface area contributed by atoms with Gasteiger partial charge in [0.1, 0.15) is 17.3 Å². The molecule has 4 aromatic rings. The van der Waals surface area contributed by atoms with Gasteiger partial charge in [0.15, 0.2) is 0 Å². The first-order valence-corrected chi connectivity index (χ1v) is 14.3. The Morgan fingerprint density at radius 2 is 1.69 bits per heavy atom. The van der Waals surface area contributed by atoms with Gasteiger partial charge in [0.05, 0.1) is 47.1 Å². The number of halogens is 2. The first kappa shape index (κ1) is 30.5. The van der Waals surface area contributed by atoms with Crippen molar-refractivity contribution < 1.29 is 31.6 Å². The van der Waals surface area contributed by atoms with Gasteiger partial charge in [-0.3, -0.25) is 14.4 Å². The van der Waals surface area contributed by atoms with Gasteiger partial charge in [-0.1, -0.05) is 41.4 Å². The molecule has 42 heavy (non-hydrogen) atoms. The Balaban J connectivity index is 1.29. The second-order valence-electron chi connectivity index (χ2n) is 8.53. The molecule has 0 unspecified atom stereocenters. The van der Waals surface area contributed by atoms with Crippen molar-refractivity contribution in [3.63, 3.8) is 0 Å². The summed E-state index contributed by atoms with van der Waals surface area (Å²) in [7, 11) is -4.02. The van der Waals surface area contributed by atoms with Crippen LogP contribution in [-0.2, 0) is 37.5 Å². The molecular weight excluding hydrogens is 609 g/mol. The number of carbonyl (C=O) groups excluding carboxylic acids is 3. The molecular formula is C27H23Cl2N5O7S. The maximum Gasteiger partial charge on any atom is 0.313 e. The molecule has 0 atom stereocenters. The van der Waals surface area contributed by atoms with Crippen LogP contribution in [0.4, 0.5) is 5.69 Å². The van der Waals surface area contributed by atoms with Crippen molar-refractivity contribution in [2.24, 2.45) is 5.10 Å². The zero-order chi connectivity index (χ0) is 30.1. The van der Waals surface area contributed by atoms with Crippen LogP contribution in [0.15, 0.2) is 97.9 Å². The highest BCUT2D eigenvalue weighted by atomic mass is 35.5. The molecule has 0 aliphatic heterocycles. The number of hydrazone groups is 1. The molecule has 4 rings (SSSR count). The smallest absolute Gasteiger partial charge is 0.313 e. The van der Waals surface area contributed by atoms with E-state index in [0.717, 1.165) is 4.31 Å². The van der Waals surface area contributed by atoms with Crippen LogP contribution in [0.5, 0.6) is 0 Å². The minimum atomic E-state index is -4.02. The van der Waals surface area contributed by atoms with Crippen LogP contribution in [0.3, 0.4) is 0 Å². The van der Waals surface area contributed by atoms with E-state index in [1.165, 1.54) is 54.9 Å². The van der Waals surface area contributed by atoms with Gasteiger partial charge >= 0.3 is 11.8 Å². The molecule has 3 N–H and O–H groups in total. The number of hydrogen-bond acceptors (Lipinski definition) is 8. The van der Waals surface area contributed by atoms with Gasteiger partial charge in [-0.05, 0) is 54.6 Å². The highest BCUT2D eigenvalue weighted by Gasteiger charge is 2.27. The summed E-state index contributed by atoms with van der Waals surface area (Å²) in [6, 6.07) is 18.4. The first-order valence-electron chi connectivity index (χ1n) is 12.1. The molecule has 2 heterocycles. The summed E-state index contributed by atoms with van der Waals surface area (Å²) in [6.45, 7) is -0.804. The van der Waals surface area contributed by atoms with E-state index in [0.29, 0.717) is 22.2 Å². The monoisotopic (exact) mass is 631 g/mol. The second kappa shape index (κ2) is 14.0. The van der Waals surface area contributed by atoms with Crippen molar-refractivity contribution in [1.82, 2.24) is 15.0 Å². The molecule has 0 bridgehead atoms. The molecule has 0 aliphatic carbocycles. The van der Waals surface area contributed by atoms with Crippen LogP contribution < -0.4 is 16.1 Å². The largest absolute Gasteiger partial charge is 0.468 e. The normalized spacial score (nSPS) is 11.5. The van der Waals surface area contributed by atoms with Gasteiger partial charge in [-0.2, -0.15) is 9.41 Å². The average Bonchev–Trinajstić information content (AvgIpc) is 3.66. The predicted octanol–water partition coefficient (Wildman–Crippen LogP) is 3.78. The lowest BCUT2D eigenvalue weighted by molar-refractivity contribution is -0.136. The number of furan rings is 2. The van der Waals surface area contributed by atoms with Gasteiger partial charge in [-0.25, -0.2) is 13.8 Å². The summed E-state index contributed by atoms with van der Waals surface area (Å²) in [5, 5.41) is 9.15. The number of anilines is 1. The van der Waals surface area contributed by atoms with Crippen LogP contribution in [0, 0.1) is 0 Å². The Kier molecular flexibility index (Phi) is 10.1. The van der Waals surface area contributed by atoms with Crippen molar-refractivity contribution >= 4 is 62.8 Å². The summed E-state index contributed by atoms with van der Waals surface area (Å²) in [4.78, 5) is 36.8. The molecule has 15 heteroatoms. The number of rotatable bonds is 11. The van der Waals surface area contributed by atoms with Crippen LogP contribution in [0.2, 0.25) is 10.0 Å². The van der Waals surface area contributed by atoms with Crippen LogP contribution in [0.25, 0.3) is 0 Å². The molecule has 12 nitrogen and oxygen atoms in total. The molecule has 0 saturated heterocycles. The fraction of sp³-hybridized carbons (Fsp3) is 0.111. The zero-order valence-electron chi connectivity index (χ0n) is 21.6. The second-order valence-corrected chi connectivity index (χ2v) is 11.3. The summed E-state index contributed by atoms with van der Waals surface area (Å²) < 4.78 is 38.0. The van der Waals surface area contributed by atoms with E-state index in [4.69, 9.17) is 32.0 Å².